The average Bonchev–Trinajstić information content (AvgIpc) is 3.58. The number of benzene rings is 2. The van der Waals surface area contributed by atoms with E-state index in [9.17, 15) is 14.7 Å². The molecule has 0 spiro atoms. The second-order valence-corrected chi connectivity index (χ2v) is 16.8. The van der Waals surface area contributed by atoms with Crippen molar-refractivity contribution >= 4 is 29.4 Å². The maximum atomic E-state index is 13.5. The third-order valence-corrected chi connectivity index (χ3v) is 11.2. The summed E-state index contributed by atoms with van der Waals surface area (Å²) in [7, 11) is 3.42. The first-order valence-electron chi connectivity index (χ1n) is 18.0. The zero-order valence-electron chi connectivity index (χ0n) is 31.6. The molecule has 2 fully saturated rings. The Bertz CT molecular complexity index is 1800. The first-order chi connectivity index (χ1) is 23.9. The molecule has 0 radical (unpaired) electrons. The van der Waals surface area contributed by atoms with Crippen molar-refractivity contribution < 1.29 is 28.9 Å². The molecule has 2 aromatic carbocycles. The number of nitrogens with zero attached hydrogens (tertiary/aromatic N) is 4. The normalized spacial score (nSPS) is 23.1. The van der Waals surface area contributed by atoms with E-state index in [1.54, 1.807) is 23.0 Å². The third-order valence-electron chi connectivity index (χ3n) is 11.2. The van der Waals surface area contributed by atoms with E-state index < -0.39 is 11.8 Å². The number of ether oxygens (including phenoxy) is 3. The standard InChI is InChI=1S/C41H54N4O6/c1-25-15-32-38(48)43(9)31-19-33(27(3)16-29(31)36(46)44(32)21-25)50-14-13-39(4,5)11-12-40(6,7)24-51-35-18-30-28(17-34(35)49-10)37(47)45-22-26(2)20-41(45,8)23-42-30/h16-19,23,32,38,48H,1-2,11-15,20-22,24H2,3-10H3/t32-,38-,41-/m0/s1. The van der Waals surface area contributed by atoms with Crippen LogP contribution in [0.15, 0.2) is 53.6 Å². The Labute approximate surface area is 302 Å². The lowest BCUT2D eigenvalue weighted by molar-refractivity contribution is 0.0527. The molecule has 1 N–H and O–H groups in total. The van der Waals surface area contributed by atoms with E-state index in [-0.39, 0.29) is 28.7 Å². The SMILES string of the molecule is C=C1C[C@H]2[C@H](O)N(C)c3cc(OCCC(C)(C)CCC(C)(C)COc4cc5c(cc4OC)C(=O)N4CC(=C)C[C@@]4(C)C=N5)c(C)cc3C(=O)N2C1. The minimum Gasteiger partial charge on any atom is -0.493 e. The van der Waals surface area contributed by atoms with Gasteiger partial charge in [-0.05, 0) is 74.5 Å². The zero-order valence-corrected chi connectivity index (χ0v) is 31.6. The van der Waals surface area contributed by atoms with Gasteiger partial charge in [0, 0.05) is 38.5 Å². The van der Waals surface area contributed by atoms with Gasteiger partial charge in [-0.2, -0.15) is 0 Å². The molecule has 10 nitrogen and oxygen atoms in total. The lowest BCUT2D eigenvalue weighted by Crippen LogP contribution is -2.47. The molecule has 2 aromatic rings. The van der Waals surface area contributed by atoms with Gasteiger partial charge in [0.2, 0.25) is 0 Å². The summed E-state index contributed by atoms with van der Waals surface area (Å²) in [6.45, 7) is 23.0. The van der Waals surface area contributed by atoms with Crippen LogP contribution in [-0.2, 0) is 0 Å². The van der Waals surface area contributed by atoms with Crippen LogP contribution in [0.3, 0.4) is 0 Å². The molecule has 10 heteroatoms. The summed E-state index contributed by atoms with van der Waals surface area (Å²) in [6.07, 6.45) is 5.05. The Morgan fingerprint density at radius 1 is 0.922 bits per heavy atom. The Morgan fingerprint density at radius 2 is 1.65 bits per heavy atom. The van der Waals surface area contributed by atoms with Crippen molar-refractivity contribution in [1.82, 2.24) is 9.80 Å². The number of aryl methyl sites for hydroxylation is 1. The van der Waals surface area contributed by atoms with Crippen LogP contribution >= 0.6 is 0 Å². The molecule has 0 saturated carbocycles. The topological polar surface area (TPSA) is 104 Å². The molecule has 2 amide bonds. The summed E-state index contributed by atoms with van der Waals surface area (Å²) in [5.74, 6) is 1.64. The van der Waals surface area contributed by atoms with E-state index in [0.717, 1.165) is 41.7 Å². The molecule has 0 unspecified atom stereocenters. The van der Waals surface area contributed by atoms with Crippen molar-refractivity contribution in [2.75, 3.05) is 45.4 Å². The van der Waals surface area contributed by atoms with E-state index in [1.807, 2.05) is 50.2 Å². The minimum absolute atomic E-state index is 0.00141. The predicted octanol–water partition coefficient (Wildman–Crippen LogP) is 7.10. The van der Waals surface area contributed by atoms with Crippen LogP contribution in [0.1, 0.15) is 93.0 Å². The Kier molecular flexibility index (Phi) is 9.55. The highest BCUT2D eigenvalue weighted by atomic mass is 16.5. The van der Waals surface area contributed by atoms with Crippen molar-refractivity contribution in [3.63, 3.8) is 0 Å². The van der Waals surface area contributed by atoms with Gasteiger partial charge in [-0.25, -0.2) is 0 Å². The maximum Gasteiger partial charge on any atom is 0.257 e. The van der Waals surface area contributed by atoms with Gasteiger partial charge in [-0.1, -0.05) is 52.0 Å². The van der Waals surface area contributed by atoms with Crippen LogP contribution in [0.5, 0.6) is 17.2 Å². The molecule has 274 valence electrons. The molecule has 4 heterocycles. The van der Waals surface area contributed by atoms with Gasteiger partial charge in [0.25, 0.3) is 11.8 Å². The third kappa shape index (κ3) is 7.12. The van der Waals surface area contributed by atoms with Crippen LogP contribution in [0.4, 0.5) is 11.4 Å². The summed E-state index contributed by atoms with van der Waals surface area (Å²) >= 11 is 0. The number of aliphatic imine (C=N–C) groups is 1. The number of carbonyl (C=O) groups excluding carboxylic acids is 2. The monoisotopic (exact) mass is 698 g/mol. The Hall–Kier alpha value is -4.31. The van der Waals surface area contributed by atoms with E-state index in [4.69, 9.17) is 19.2 Å². The molecular formula is C41H54N4O6. The van der Waals surface area contributed by atoms with Crippen molar-refractivity contribution in [3.05, 3.63) is 65.3 Å². The summed E-state index contributed by atoms with van der Waals surface area (Å²) in [6, 6.07) is 7.04. The summed E-state index contributed by atoms with van der Waals surface area (Å²) < 4.78 is 18.4. The fourth-order valence-electron chi connectivity index (χ4n) is 7.69. The largest absolute Gasteiger partial charge is 0.493 e. The molecule has 4 aliphatic rings. The average molecular weight is 699 g/mol. The first-order valence-corrected chi connectivity index (χ1v) is 18.0. The van der Waals surface area contributed by atoms with Crippen molar-refractivity contribution in [2.45, 2.75) is 91.5 Å². The Morgan fingerprint density at radius 3 is 2.37 bits per heavy atom. The number of rotatable bonds is 11. The zero-order chi connectivity index (χ0) is 37.0. The van der Waals surface area contributed by atoms with Crippen molar-refractivity contribution in [3.8, 4) is 17.2 Å². The number of likely N-dealkylation sites (N-methyl/N-ethyl adjacent to an activating group) is 1. The molecule has 2 saturated heterocycles. The maximum absolute atomic E-state index is 13.5. The Balaban J connectivity index is 1.06. The predicted molar refractivity (Wildman–Crippen MR) is 201 cm³/mol. The summed E-state index contributed by atoms with van der Waals surface area (Å²) in [4.78, 5) is 37.1. The number of hydrogen-bond donors (Lipinski definition) is 1. The number of anilines is 1. The summed E-state index contributed by atoms with van der Waals surface area (Å²) in [5.41, 5.74) is 4.58. The van der Waals surface area contributed by atoms with E-state index >= 15 is 0 Å². The van der Waals surface area contributed by atoms with Crippen molar-refractivity contribution in [1.29, 1.82) is 0 Å². The van der Waals surface area contributed by atoms with Gasteiger partial charge in [0.05, 0.1) is 54.4 Å². The van der Waals surface area contributed by atoms with Crippen molar-refractivity contribution in [2.24, 2.45) is 15.8 Å². The quantitative estimate of drug-likeness (QED) is 0.250. The highest BCUT2D eigenvalue weighted by Gasteiger charge is 2.44. The highest BCUT2D eigenvalue weighted by molar-refractivity contribution is 6.05. The number of carbonyl (C=O) groups is 2. The fraction of sp³-hybridized carbons (Fsp3) is 0.537. The number of aliphatic hydroxyl groups is 1. The number of aliphatic hydroxyl groups excluding tert-OH is 1. The molecule has 0 aliphatic carbocycles. The van der Waals surface area contributed by atoms with Crippen LogP contribution in [0.25, 0.3) is 0 Å². The smallest absolute Gasteiger partial charge is 0.257 e. The van der Waals surface area contributed by atoms with Gasteiger partial charge < -0.3 is 34.0 Å². The van der Waals surface area contributed by atoms with Crippen LogP contribution in [0.2, 0.25) is 0 Å². The van der Waals surface area contributed by atoms with E-state index in [1.165, 1.54) is 0 Å². The molecule has 51 heavy (non-hydrogen) atoms. The molecule has 3 atom stereocenters. The van der Waals surface area contributed by atoms with Gasteiger partial charge >= 0.3 is 0 Å². The van der Waals surface area contributed by atoms with Gasteiger partial charge in [0.1, 0.15) is 12.0 Å². The number of amides is 2. The van der Waals surface area contributed by atoms with Crippen LogP contribution in [0, 0.1) is 17.8 Å². The number of hydrogen-bond acceptors (Lipinski definition) is 8. The minimum atomic E-state index is -0.824. The summed E-state index contributed by atoms with van der Waals surface area (Å²) in [5, 5.41) is 11.1. The fourth-order valence-corrected chi connectivity index (χ4v) is 7.69. The van der Waals surface area contributed by atoms with Gasteiger partial charge in [0.15, 0.2) is 11.5 Å². The first kappa shape index (κ1) is 36.5. The second kappa shape index (κ2) is 13.3. The van der Waals surface area contributed by atoms with E-state index in [0.29, 0.717) is 73.1 Å². The molecule has 4 aliphatic heterocycles. The molecule has 0 aromatic heterocycles. The molecular weight excluding hydrogens is 644 g/mol. The molecule has 6 rings (SSSR count). The second-order valence-electron chi connectivity index (χ2n) is 16.8. The van der Waals surface area contributed by atoms with Crippen LogP contribution < -0.4 is 19.1 Å². The number of fused-ring (bicyclic) bond motifs is 4. The van der Waals surface area contributed by atoms with Gasteiger partial charge in [-0.15, -0.1) is 0 Å². The van der Waals surface area contributed by atoms with Crippen LogP contribution in [-0.4, -0.2) is 91.2 Å². The van der Waals surface area contributed by atoms with Gasteiger partial charge in [-0.3, -0.25) is 14.6 Å². The van der Waals surface area contributed by atoms with E-state index in [2.05, 4.69) is 40.9 Å². The number of methoxy groups -OCH3 is 1. The lowest BCUT2D eigenvalue weighted by atomic mass is 9.78. The highest BCUT2D eigenvalue weighted by Crippen LogP contribution is 2.43. The molecule has 0 bridgehead atoms. The lowest BCUT2D eigenvalue weighted by Gasteiger charge is -2.32.